The molecule has 0 aromatic carbocycles. The summed E-state index contributed by atoms with van der Waals surface area (Å²) in [6.45, 7) is 8.28. The van der Waals surface area contributed by atoms with E-state index in [9.17, 15) is 9.59 Å². The van der Waals surface area contributed by atoms with Gasteiger partial charge in [-0.1, -0.05) is 15.9 Å². The highest BCUT2D eigenvalue weighted by molar-refractivity contribution is 9.11. The Morgan fingerprint density at radius 1 is 1.00 bits per heavy atom. The summed E-state index contributed by atoms with van der Waals surface area (Å²) < 4.78 is 7.42. The third-order valence-corrected chi connectivity index (χ3v) is 7.86. The first-order chi connectivity index (χ1) is 19.6. The summed E-state index contributed by atoms with van der Waals surface area (Å²) in [5, 5.41) is 9.81. The monoisotopic (exact) mass is 914 g/mol. The van der Waals surface area contributed by atoms with Crippen molar-refractivity contribution in [3.05, 3.63) is 66.9 Å². The van der Waals surface area contributed by atoms with Gasteiger partial charge in [0, 0.05) is 67.1 Å². The Kier molecular flexibility index (Phi) is 16.2. The average Bonchev–Trinajstić information content (AvgIpc) is 3.05. The number of ether oxygens (including phenoxy) is 1. The van der Waals surface area contributed by atoms with E-state index >= 15 is 0 Å². The van der Waals surface area contributed by atoms with E-state index in [1.165, 1.54) is 7.11 Å². The van der Waals surface area contributed by atoms with Crippen molar-refractivity contribution in [3.8, 4) is 0 Å². The highest BCUT2D eigenvalue weighted by Gasteiger charge is 2.31. The lowest BCUT2D eigenvalue weighted by Crippen LogP contribution is -2.47. The first-order valence-electron chi connectivity index (χ1n) is 12.5. The van der Waals surface area contributed by atoms with E-state index < -0.39 is 11.1 Å². The number of nitrogens with zero attached hydrogens (tertiary/aromatic N) is 3. The van der Waals surface area contributed by atoms with Gasteiger partial charge in [0.2, 0.25) is 5.91 Å². The molecule has 11 nitrogen and oxygen atoms in total. The van der Waals surface area contributed by atoms with Crippen LogP contribution in [0.25, 0.3) is 0 Å². The summed E-state index contributed by atoms with van der Waals surface area (Å²) in [6.07, 6.45) is 4.99. The van der Waals surface area contributed by atoms with Gasteiger partial charge in [0.05, 0.1) is 12.6 Å². The van der Waals surface area contributed by atoms with Gasteiger partial charge in [0.1, 0.15) is 23.0 Å². The van der Waals surface area contributed by atoms with Crippen molar-refractivity contribution in [1.82, 2.24) is 25.6 Å². The van der Waals surface area contributed by atoms with Crippen molar-refractivity contribution in [2.75, 3.05) is 23.9 Å². The van der Waals surface area contributed by atoms with Crippen molar-refractivity contribution >= 4 is 110 Å². The number of esters is 1. The number of fused-ring (bicyclic) bond motifs is 1. The van der Waals surface area contributed by atoms with Crippen molar-refractivity contribution < 1.29 is 14.3 Å². The molecule has 3 aromatic rings. The van der Waals surface area contributed by atoms with E-state index in [-0.39, 0.29) is 28.9 Å². The molecule has 43 heavy (non-hydrogen) atoms. The maximum atomic E-state index is 11.8. The fraction of sp³-hybridized carbons (Fsp3) is 0.370. The van der Waals surface area contributed by atoms with Crippen LogP contribution in [0, 0.1) is 0 Å². The number of nitrogen functional groups attached to an aromatic ring is 2. The Labute approximate surface area is 295 Å². The van der Waals surface area contributed by atoms with Crippen LogP contribution in [0.3, 0.4) is 0 Å². The Hall–Kier alpha value is -1.69. The molecule has 0 radical (unpaired) electrons. The SMILES string of the molecule is Br.CC1(C)NCc2cc(Br)cnc2NC1=O.COC(=O)C(C)(C)NCc1cc(Br)cnc1N.Nc1ncc(Br)cc1CBr. The van der Waals surface area contributed by atoms with Gasteiger partial charge >= 0.3 is 5.97 Å². The van der Waals surface area contributed by atoms with Gasteiger partial charge in [0.25, 0.3) is 0 Å². The molecule has 0 saturated carbocycles. The fourth-order valence-electron chi connectivity index (χ4n) is 3.26. The molecule has 0 bridgehead atoms. The van der Waals surface area contributed by atoms with E-state index in [2.05, 4.69) is 94.6 Å². The fourth-order valence-corrected chi connectivity index (χ4v) is 4.85. The second-order valence-corrected chi connectivity index (χ2v) is 13.4. The van der Waals surface area contributed by atoms with Crippen LogP contribution in [-0.2, 0) is 32.7 Å². The van der Waals surface area contributed by atoms with Crippen LogP contribution < -0.4 is 27.4 Å². The first kappa shape index (κ1) is 39.3. The second kappa shape index (κ2) is 17.7. The lowest BCUT2D eigenvalue weighted by molar-refractivity contribution is -0.147. The number of nitrogens with two attached hydrogens (primary N) is 2. The summed E-state index contributed by atoms with van der Waals surface area (Å²) in [6, 6.07) is 5.76. The van der Waals surface area contributed by atoms with Crippen LogP contribution in [-0.4, -0.2) is 45.0 Å². The molecule has 0 unspecified atom stereocenters. The molecule has 236 valence electrons. The Morgan fingerprint density at radius 2 is 1.51 bits per heavy atom. The molecule has 1 aliphatic heterocycles. The van der Waals surface area contributed by atoms with Crippen LogP contribution in [0.1, 0.15) is 44.4 Å². The van der Waals surface area contributed by atoms with Gasteiger partial charge in [-0.2, -0.15) is 0 Å². The maximum Gasteiger partial charge on any atom is 0.325 e. The van der Waals surface area contributed by atoms with Crippen LogP contribution >= 0.6 is 80.7 Å². The van der Waals surface area contributed by atoms with Crippen LogP contribution in [0.15, 0.2) is 50.2 Å². The van der Waals surface area contributed by atoms with Gasteiger partial charge in [-0.3, -0.25) is 20.2 Å². The second-order valence-electron chi connectivity index (χ2n) is 10.1. The van der Waals surface area contributed by atoms with E-state index in [1.54, 1.807) is 32.4 Å². The molecule has 0 fully saturated rings. The topological polar surface area (TPSA) is 170 Å². The minimum atomic E-state index is -0.760. The summed E-state index contributed by atoms with van der Waals surface area (Å²) in [7, 11) is 1.36. The number of pyridine rings is 3. The number of methoxy groups -OCH3 is 1. The lowest BCUT2D eigenvalue weighted by Gasteiger charge is -2.23. The number of aromatic nitrogens is 3. The molecule has 16 heteroatoms. The number of alkyl halides is 1. The van der Waals surface area contributed by atoms with Gasteiger partial charge in [-0.05, 0) is 93.7 Å². The number of rotatable bonds is 5. The molecular weight excluding hydrogens is 884 g/mol. The minimum Gasteiger partial charge on any atom is -0.468 e. The Morgan fingerprint density at radius 3 is 2.05 bits per heavy atom. The van der Waals surface area contributed by atoms with E-state index in [4.69, 9.17) is 16.2 Å². The number of carbonyl (C=O) groups excluding carboxylic acids is 2. The zero-order valence-corrected chi connectivity index (χ0v) is 32.3. The smallest absolute Gasteiger partial charge is 0.325 e. The third-order valence-electron chi connectivity index (χ3n) is 5.95. The molecule has 4 rings (SSSR count). The average molecular weight is 919 g/mol. The number of hydrogen-bond donors (Lipinski definition) is 5. The summed E-state index contributed by atoms with van der Waals surface area (Å²) in [5.41, 5.74) is 12.8. The number of hydrogen-bond acceptors (Lipinski definition) is 10. The zero-order chi connectivity index (χ0) is 31.7. The highest BCUT2D eigenvalue weighted by atomic mass is 79.9. The van der Waals surface area contributed by atoms with Crippen molar-refractivity contribution in [1.29, 1.82) is 0 Å². The zero-order valence-electron chi connectivity index (χ0n) is 24.2. The number of nitrogens with one attached hydrogen (secondary N) is 3. The predicted octanol–water partition coefficient (Wildman–Crippen LogP) is 6.03. The lowest BCUT2D eigenvalue weighted by atomic mass is 10.1. The van der Waals surface area contributed by atoms with Crippen LogP contribution in [0.5, 0.6) is 0 Å². The number of carbonyl (C=O) groups is 2. The number of halogens is 5. The molecule has 7 N–H and O–H groups in total. The van der Waals surface area contributed by atoms with Gasteiger partial charge in [0.15, 0.2) is 0 Å². The summed E-state index contributed by atoms with van der Waals surface area (Å²) in [5.74, 6) is 1.29. The Balaban J connectivity index is 0.000000329. The van der Waals surface area contributed by atoms with Gasteiger partial charge in [-0.15, -0.1) is 17.0 Å². The molecule has 0 spiro atoms. The third kappa shape index (κ3) is 12.3. The van der Waals surface area contributed by atoms with Crippen LogP contribution in [0.4, 0.5) is 17.5 Å². The van der Waals surface area contributed by atoms with Crippen molar-refractivity contribution in [2.45, 2.75) is 57.2 Å². The molecule has 1 aliphatic rings. The Bertz CT molecular complexity index is 1410. The van der Waals surface area contributed by atoms with Crippen molar-refractivity contribution in [3.63, 3.8) is 0 Å². The highest BCUT2D eigenvalue weighted by Crippen LogP contribution is 2.23. The number of anilines is 3. The quantitative estimate of drug-likeness (QED) is 0.151. The molecule has 0 saturated heterocycles. The predicted molar refractivity (Wildman–Crippen MR) is 190 cm³/mol. The van der Waals surface area contributed by atoms with E-state index in [0.29, 0.717) is 30.5 Å². The molecule has 4 heterocycles. The van der Waals surface area contributed by atoms with Gasteiger partial charge in [-0.25, -0.2) is 15.0 Å². The van der Waals surface area contributed by atoms with Crippen molar-refractivity contribution in [2.24, 2.45) is 0 Å². The number of amides is 1. The molecule has 1 amide bonds. The largest absolute Gasteiger partial charge is 0.468 e. The van der Waals surface area contributed by atoms with Gasteiger partial charge < -0.3 is 21.5 Å². The maximum absolute atomic E-state index is 11.8. The van der Waals surface area contributed by atoms with E-state index in [0.717, 1.165) is 35.4 Å². The first-order valence-corrected chi connectivity index (χ1v) is 16.0. The molecule has 0 atom stereocenters. The normalized spacial score (nSPS) is 13.4. The standard InChI is InChI=1S/C11H16BrN3O2.C10H12BrN3O.C6H6Br2N2.BrH/c1-11(2,10(16)17-3)15-5-7-4-8(12)6-14-9(7)13;1-10(2)9(15)14-8-6(4-13-10)3-7(11)5-12-8;7-2-4-1-5(8)3-10-6(4)9;/h4,6,15H,5H2,1-3H3,(H2,13,14);3,5,13H,4H2,1-2H3,(H,12,14,15);1,3H,2H2,(H2,9,10);1H. The summed E-state index contributed by atoms with van der Waals surface area (Å²) in [4.78, 5) is 35.4. The molecular formula is C27H35Br5N8O3. The molecule has 3 aromatic heterocycles. The summed E-state index contributed by atoms with van der Waals surface area (Å²) >= 11 is 13.3. The molecule has 0 aliphatic carbocycles. The van der Waals surface area contributed by atoms with Crippen LogP contribution in [0.2, 0.25) is 0 Å². The minimum absolute atomic E-state index is 0. The van der Waals surface area contributed by atoms with E-state index in [1.807, 2.05) is 32.0 Å².